The Morgan fingerprint density at radius 2 is 1.69 bits per heavy atom. The second-order valence-corrected chi connectivity index (χ2v) is 8.58. The van der Waals surface area contributed by atoms with Gasteiger partial charge in [0.25, 0.3) is 0 Å². The number of benzene rings is 2. The molecule has 1 N–H and O–H groups in total. The number of rotatable bonds is 5. The summed E-state index contributed by atoms with van der Waals surface area (Å²) >= 11 is 1.29. The molecule has 1 aliphatic heterocycles. The number of hydrazine groups is 1. The molecule has 0 aliphatic carbocycles. The predicted octanol–water partition coefficient (Wildman–Crippen LogP) is 4.34. The first kappa shape index (κ1) is 21.5. The highest BCUT2D eigenvalue weighted by Gasteiger charge is 2.33. The van der Waals surface area contributed by atoms with Gasteiger partial charge < -0.3 is 15.1 Å². The van der Waals surface area contributed by atoms with Crippen LogP contribution in [0.25, 0.3) is 0 Å². The molecular formula is C23H31N3O2S. The molecule has 0 bridgehead atoms. The number of hydrogen-bond acceptors (Lipinski definition) is 6. The Kier molecular flexibility index (Phi) is 6.75. The van der Waals surface area contributed by atoms with Gasteiger partial charge in [-0.3, -0.25) is 4.79 Å². The highest BCUT2D eigenvalue weighted by Crippen LogP contribution is 2.30. The topological polar surface area (TPSA) is 44.8 Å². The number of aryl methyl sites for hydroxylation is 4. The maximum Gasteiger partial charge on any atom is 0.209 e. The molecule has 2 aromatic carbocycles. The van der Waals surface area contributed by atoms with Gasteiger partial charge in [-0.05, 0) is 80.5 Å². The van der Waals surface area contributed by atoms with E-state index in [2.05, 4.69) is 67.3 Å². The number of hydrogen-bond donors (Lipinski definition) is 1. The van der Waals surface area contributed by atoms with Crippen LogP contribution in [-0.2, 0) is 4.79 Å². The maximum atomic E-state index is 12.8. The molecule has 0 saturated carbocycles. The predicted molar refractivity (Wildman–Crippen MR) is 123 cm³/mol. The average Bonchev–Trinajstić information content (AvgIpc) is 2.69. The molecular weight excluding hydrogens is 382 g/mol. The molecule has 3 rings (SSSR count). The third-order valence-electron chi connectivity index (χ3n) is 5.51. The summed E-state index contributed by atoms with van der Waals surface area (Å²) in [7, 11) is 1.68. The smallest absolute Gasteiger partial charge is 0.209 e. The number of anilines is 2. The van der Waals surface area contributed by atoms with Gasteiger partial charge in [-0.25, -0.2) is 5.01 Å². The van der Waals surface area contributed by atoms with Gasteiger partial charge in [-0.1, -0.05) is 17.8 Å². The normalized spacial score (nSPS) is 17.3. The van der Waals surface area contributed by atoms with Crippen LogP contribution in [0.1, 0.15) is 22.3 Å². The minimum atomic E-state index is -0.245. The summed E-state index contributed by atoms with van der Waals surface area (Å²) in [5, 5.41) is 2.22. The Bertz CT molecular complexity index is 880. The Hall–Kier alpha value is -2.18. The number of nitrogens with zero attached hydrogens (tertiary/aromatic N) is 2. The molecule has 6 heteroatoms. The van der Waals surface area contributed by atoms with E-state index in [9.17, 15) is 4.79 Å². The van der Waals surface area contributed by atoms with E-state index in [1.165, 1.54) is 39.7 Å². The summed E-state index contributed by atoms with van der Waals surface area (Å²) in [5.41, 5.74) is 10.4. The lowest BCUT2D eigenvalue weighted by Gasteiger charge is -2.42. The third kappa shape index (κ3) is 4.87. The Morgan fingerprint density at radius 3 is 2.31 bits per heavy atom. The number of piperazine rings is 1. The van der Waals surface area contributed by atoms with Crippen molar-refractivity contribution in [3.8, 4) is 5.75 Å². The second kappa shape index (κ2) is 9.09. The van der Waals surface area contributed by atoms with Crippen molar-refractivity contribution in [2.24, 2.45) is 0 Å². The van der Waals surface area contributed by atoms with Crippen LogP contribution in [0.3, 0.4) is 0 Å². The summed E-state index contributed by atoms with van der Waals surface area (Å²) in [6, 6.07) is 10.5. The first-order chi connectivity index (χ1) is 13.8. The highest BCUT2D eigenvalue weighted by atomic mass is 32.2. The molecule has 0 spiro atoms. The molecule has 5 nitrogen and oxygen atoms in total. The second-order valence-electron chi connectivity index (χ2n) is 7.77. The Labute approximate surface area is 178 Å². The molecule has 156 valence electrons. The highest BCUT2D eigenvalue weighted by molar-refractivity contribution is 8.13. The van der Waals surface area contributed by atoms with Crippen LogP contribution < -0.4 is 15.1 Å². The molecule has 1 saturated heterocycles. The number of methoxy groups -OCH3 is 1. The van der Waals surface area contributed by atoms with E-state index in [0.29, 0.717) is 6.54 Å². The minimum absolute atomic E-state index is 0.161. The van der Waals surface area contributed by atoms with Gasteiger partial charge in [-0.15, -0.1) is 0 Å². The molecule has 1 unspecified atom stereocenters. The van der Waals surface area contributed by atoms with Gasteiger partial charge in [0.1, 0.15) is 11.8 Å². The molecule has 0 amide bonds. The molecule has 1 fully saturated rings. The SMILES string of the molecule is COc1cc(C)c(C)cc1NN1CCN(c2cc(C)cc(C)c2)CC1C(=O)SC. The minimum Gasteiger partial charge on any atom is -0.495 e. The molecule has 1 heterocycles. The Morgan fingerprint density at radius 1 is 1.03 bits per heavy atom. The molecule has 29 heavy (non-hydrogen) atoms. The molecule has 1 atom stereocenters. The van der Waals surface area contributed by atoms with Crippen molar-refractivity contribution in [2.75, 3.05) is 43.3 Å². The van der Waals surface area contributed by atoms with E-state index in [1.54, 1.807) is 7.11 Å². The van der Waals surface area contributed by atoms with Crippen molar-refractivity contribution < 1.29 is 9.53 Å². The summed E-state index contributed by atoms with van der Waals surface area (Å²) in [6.45, 7) is 10.6. The quantitative estimate of drug-likeness (QED) is 0.787. The fourth-order valence-electron chi connectivity index (χ4n) is 3.82. The van der Waals surface area contributed by atoms with E-state index in [1.807, 2.05) is 12.3 Å². The van der Waals surface area contributed by atoms with E-state index in [-0.39, 0.29) is 11.2 Å². The van der Waals surface area contributed by atoms with Gasteiger partial charge in [0.05, 0.1) is 12.8 Å². The lowest BCUT2D eigenvalue weighted by Crippen LogP contribution is -2.58. The van der Waals surface area contributed by atoms with Crippen LogP contribution in [0.15, 0.2) is 30.3 Å². The van der Waals surface area contributed by atoms with Gasteiger partial charge >= 0.3 is 0 Å². The number of nitrogens with one attached hydrogen (secondary N) is 1. The van der Waals surface area contributed by atoms with E-state index in [0.717, 1.165) is 24.5 Å². The van der Waals surface area contributed by atoms with Crippen LogP contribution in [0.2, 0.25) is 0 Å². The Balaban J connectivity index is 1.85. The zero-order valence-corrected chi connectivity index (χ0v) is 19.0. The van der Waals surface area contributed by atoms with Crippen molar-refractivity contribution in [3.63, 3.8) is 0 Å². The van der Waals surface area contributed by atoms with Gasteiger partial charge in [0.2, 0.25) is 5.12 Å². The van der Waals surface area contributed by atoms with Gasteiger partial charge in [-0.2, -0.15) is 0 Å². The van der Waals surface area contributed by atoms with Crippen molar-refractivity contribution in [2.45, 2.75) is 33.7 Å². The average molecular weight is 414 g/mol. The van der Waals surface area contributed by atoms with Crippen molar-refractivity contribution >= 4 is 28.3 Å². The first-order valence-corrected chi connectivity index (χ1v) is 11.1. The lowest BCUT2D eigenvalue weighted by molar-refractivity contribution is -0.115. The standard InChI is InChI=1S/C23H31N3O2S/c1-15-9-16(2)11-19(10-15)25-7-8-26(21(14-25)23(27)29-6)24-20-12-17(3)18(4)13-22(20)28-5/h9-13,21,24H,7-8,14H2,1-6H3. The first-order valence-electron chi connectivity index (χ1n) is 9.92. The number of ether oxygens (including phenoxy) is 1. The molecule has 0 radical (unpaired) electrons. The number of thioether (sulfide) groups is 1. The molecule has 1 aliphatic rings. The van der Waals surface area contributed by atoms with E-state index >= 15 is 0 Å². The fourth-order valence-corrected chi connectivity index (χ4v) is 4.30. The van der Waals surface area contributed by atoms with Crippen molar-refractivity contribution in [1.29, 1.82) is 0 Å². The van der Waals surface area contributed by atoms with Gasteiger partial charge in [0.15, 0.2) is 0 Å². The number of carbonyl (C=O) groups excluding carboxylic acids is 1. The fraction of sp³-hybridized carbons (Fsp3) is 0.435. The zero-order chi connectivity index (χ0) is 21.1. The summed E-state index contributed by atoms with van der Waals surface area (Å²) < 4.78 is 5.57. The van der Waals surface area contributed by atoms with Gasteiger partial charge in [0, 0.05) is 25.3 Å². The van der Waals surface area contributed by atoms with Crippen LogP contribution >= 0.6 is 11.8 Å². The van der Waals surface area contributed by atoms with E-state index < -0.39 is 0 Å². The largest absolute Gasteiger partial charge is 0.495 e. The third-order valence-corrected chi connectivity index (χ3v) is 6.18. The maximum absolute atomic E-state index is 12.8. The van der Waals surface area contributed by atoms with Crippen LogP contribution in [0, 0.1) is 27.7 Å². The summed E-state index contributed by atoms with van der Waals surface area (Å²) in [5.74, 6) is 0.792. The molecule has 0 aromatic heterocycles. The van der Waals surface area contributed by atoms with E-state index in [4.69, 9.17) is 4.74 Å². The number of carbonyl (C=O) groups is 1. The summed E-state index contributed by atoms with van der Waals surface area (Å²) in [4.78, 5) is 15.1. The lowest BCUT2D eigenvalue weighted by atomic mass is 10.1. The van der Waals surface area contributed by atoms with Crippen molar-refractivity contribution in [3.05, 3.63) is 52.6 Å². The zero-order valence-electron chi connectivity index (χ0n) is 18.2. The van der Waals surface area contributed by atoms with Crippen LogP contribution in [0.4, 0.5) is 11.4 Å². The van der Waals surface area contributed by atoms with Crippen molar-refractivity contribution in [1.82, 2.24) is 5.01 Å². The van der Waals surface area contributed by atoms with Crippen LogP contribution in [0.5, 0.6) is 5.75 Å². The summed E-state index contributed by atoms with van der Waals surface area (Å²) in [6.07, 6.45) is 1.85. The monoisotopic (exact) mass is 413 g/mol. The van der Waals surface area contributed by atoms with Crippen LogP contribution in [-0.4, -0.2) is 49.2 Å². The molecule has 2 aromatic rings.